The Labute approximate surface area is 101 Å². The molecule has 0 aromatic heterocycles. The number of likely N-dealkylation sites (N-methyl/N-ethyl adjacent to an activating group) is 1. The molecule has 16 heavy (non-hydrogen) atoms. The van der Waals surface area contributed by atoms with Gasteiger partial charge in [0.05, 0.1) is 0 Å². The van der Waals surface area contributed by atoms with Crippen molar-refractivity contribution in [3.63, 3.8) is 0 Å². The third-order valence-electron chi connectivity index (χ3n) is 3.99. The lowest BCUT2D eigenvalue weighted by atomic mass is 10.1. The summed E-state index contributed by atoms with van der Waals surface area (Å²) in [5.74, 6) is 0. The summed E-state index contributed by atoms with van der Waals surface area (Å²) in [6.07, 6.45) is 2.53. The lowest BCUT2D eigenvalue weighted by Crippen LogP contribution is -2.54. The van der Waals surface area contributed by atoms with Gasteiger partial charge >= 0.3 is 0 Å². The summed E-state index contributed by atoms with van der Waals surface area (Å²) < 4.78 is 0. The zero-order chi connectivity index (χ0) is 12.0. The summed E-state index contributed by atoms with van der Waals surface area (Å²) in [7, 11) is 2.05. The van der Waals surface area contributed by atoms with Crippen LogP contribution in [0.5, 0.6) is 0 Å². The van der Waals surface area contributed by atoms with Gasteiger partial charge in [0.2, 0.25) is 0 Å². The number of hydrogen-bond donors (Lipinski definition) is 1. The van der Waals surface area contributed by atoms with Gasteiger partial charge in [-0.05, 0) is 26.8 Å². The quantitative estimate of drug-likeness (QED) is 0.740. The van der Waals surface area contributed by atoms with Crippen LogP contribution >= 0.6 is 0 Å². The van der Waals surface area contributed by atoms with Crippen molar-refractivity contribution in [2.24, 2.45) is 0 Å². The van der Waals surface area contributed by atoms with Crippen molar-refractivity contribution >= 4 is 0 Å². The molecule has 0 aromatic carbocycles. The van der Waals surface area contributed by atoms with Gasteiger partial charge in [-0.2, -0.15) is 0 Å². The molecule has 3 nitrogen and oxygen atoms in total. The minimum absolute atomic E-state index is 0.726. The summed E-state index contributed by atoms with van der Waals surface area (Å²) in [4.78, 5) is 5.28. The monoisotopic (exact) mass is 227 g/mol. The first kappa shape index (κ1) is 13.9. The van der Waals surface area contributed by atoms with Crippen molar-refractivity contribution in [3.8, 4) is 0 Å². The van der Waals surface area contributed by atoms with Crippen LogP contribution in [0, 0.1) is 0 Å². The van der Waals surface area contributed by atoms with Gasteiger partial charge in [0.1, 0.15) is 0 Å². The second kappa shape index (κ2) is 7.25. The second-order valence-electron chi connectivity index (χ2n) is 4.95. The van der Waals surface area contributed by atoms with Gasteiger partial charge in [0, 0.05) is 44.8 Å². The first-order valence-electron chi connectivity index (χ1n) is 6.85. The highest BCUT2D eigenvalue weighted by atomic mass is 15.3. The lowest BCUT2D eigenvalue weighted by molar-refractivity contribution is 0.0713. The molecule has 1 aliphatic rings. The molecule has 96 valence electrons. The Balaban J connectivity index is 2.35. The van der Waals surface area contributed by atoms with Crippen molar-refractivity contribution in [1.82, 2.24) is 15.1 Å². The van der Waals surface area contributed by atoms with E-state index in [1.54, 1.807) is 0 Å². The lowest BCUT2D eigenvalue weighted by Gasteiger charge is -2.41. The number of piperazine rings is 1. The molecular weight excluding hydrogens is 198 g/mol. The molecule has 0 amide bonds. The maximum Gasteiger partial charge on any atom is 0.0218 e. The average molecular weight is 227 g/mol. The predicted octanol–water partition coefficient (Wildman–Crippen LogP) is 1.40. The van der Waals surface area contributed by atoms with Crippen LogP contribution in [-0.4, -0.2) is 61.7 Å². The molecule has 0 spiro atoms. The molecule has 0 saturated carbocycles. The SMILES string of the molecule is CCC(C)N1CCN(C(CC)CNC)CC1. The maximum absolute atomic E-state index is 3.31. The van der Waals surface area contributed by atoms with Crippen LogP contribution in [0.2, 0.25) is 0 Å². The van der Waals surface area contributed by atoms with Crippen molar-refractivity contribution in [3.05, 3.63) is 0 Å². The number of hydrogen-bond acceptors (Lipinski definition) is 3. The average Bonchev–Trinajstić information content (AvgIpc) is 2.35. The standard InChI is InChI=1S/C13H29N3/c1-5-12(3)15-7-9-16(10-8-15)13(6-2)11-14-4/h12-14H,5-11H2,1-4H3. The summed E-state index contributed by atoms with van der Waals surface area (Å²) in [5, 5.41) is 3.31. The van der Waals surface area contributed by atoms with Gasteiger partial charge in [0.25, 0.3) is 0 Å². The molecule has 0 radical (unpaired) electrons. The molecule has 2 unspecified atom stereocenters. The topological polar surface area (TPSA) is 18.5 Å². The van der Waals surface area contributed by atoms with E-state index in [1.165, 1.54) is 39.0 Å². The fourth-order valence-corrected chi connectivity index (χ4v) is 2.57. The van der Waals surface area contributed by atoms with E-state index in [0.717, 1.165) is 18.6 Å². The number of nitrogens with zero attached hydrogens (tertiary/aromatic N) is 2. The fourth-order valence-electron chi connectivity index (χ4n) is 2.57. The Hall–Kier alpha value is -0.120. The van der Waals surface area contributed by atoms with E-state index < -0.39 is 0 Å². The zero-order valence-corrected chi connectivity index (χ0v) is 11.5. The van der Waals surface area contributed by atoms with Crippen LogP contribution in [0.4, 0.5) is 0 Å². The van der Waals surface area contributed by atoms with Crippen molar-refractivity contribution in [2.45, 2.75) is 45.7 Å². The van der Waals surface area contributed by atoms with E-state index in [2.05, 4.69) is 42.9 Å². The van der Waals surface area contributed by atoms with Gasteiger partial charge in [-0.1, -0.05) is 13.8 Å². The first-order chi connectivity index (χ1) is 7.72. The Bertz CT molecular complexity index is 176. The van der Waals surface area contributed by atoms with Crippen LogP contribution in [0.25, 0.3) is 0 Å². The normalized spacial score (nSPS) is 23.2. The Morgan fingerprint density at radius 2 is 1.56 bits per heavy atom. The molecule has 0 aromatic rings. The first-order valence-corrected chi connectivity index (χ1v) is 6.85. The van der Waals surface area contributed by atoms with Crippen molar-refractivity contribution < 1.29 is 0 Å². The van der Waals surface area contributed by atoms with Crippen LogP contribution in [0.3, 0.4) is 0 Å². The summed E-state index contributed by atoms with van der Waals surface area (Å²) >= 11 is 0. The maximum atomic E-state index is 3.31. The predicted molar refractivity (Wildman–Crippen MR) is 70.9 cm³/mol. The van der Waals surface area contributed by atoms with Crippen molar-refractivity contribution in [2.75, 3.05) is 39.8 Å². The molecule has 1 heterocycles. The van der Waals surface area contributed by atoms with E-state index in [0.29, 0.717) is 0 Å². The highest BCUT2D eigenvalue weighted by Crippen LogP contribution is 2.12. The summed E-state index contributed by atoms with van der Waals surface area (Å²) in [6.45, 7) is 13.0. The van der Waals surface area contributed by atoms with E-state index in [-0.39, 0.29) is 0 Å². The van der Waals surface area contributed by atoms with E-state index in [1.807, 2.05) is 0 Å². The third-order valence-corrected chi connectivity index (χ3v) is 3.99. The minimum Gasteiger partial charge on any atom is -0.318 e. The van der Waals surface area contributed by atoms with Crippen molar-refractivity contribution in [1.29, 1.82) is 0 Å². The Morgan fingerprint density at radius 1 is 1.00 bits per heavy atom. The highest BCUT2D eigenvalue weighted by molar-refractivity contribution is 4.80. The molecule has 1 fully saturated rings. The fraction of sp³-hybridized carbons (Fsp3) is 1.00. The van der Waals surface area contributed by atoms with Gasteiger partial charge in [-0.3, -0.25) is 9.80 Å². The number of nitrogens with one attached hydrogen (secondary N) is 1. The highest BCUT2D eigenvalue weighted by Gasteiger charge is 2.23. The molecule has 1 saturated heterocycles. The summed E-state index contributed by atoms with van der Waals surface area (Å²) in [6, 6.07) is 1.48. The van der Waals surface area contributed by atoms with Crippen LogP contribution in [0.1, 0.15) is 33.6 Å². The van der Waals surface area contributed by atoms with Gasteiger partial charge in [-0.15, -0.1) is 0 Å². The minimum atomic E-state index is 0.726. The third kappa shape index (κ3) is 3.72. The van der Waals surface area contributed by atoms with E-state index >= 15 is 0 Å². The zero-order valence-electron chi connectivity index (χ0n) is 11.5. The van der Waals surface area contributed by atoms with Gasteiger partial charge in [-0.25, -0.2) is 0 Å². The van der Waals surface area contributed by atoms with Crippen LogP contribution in [0.15, 0.2) is 0 Å². The molecule has 0 bridgehead atoms. The van der Waals surface area contributed by atoms with Crippen LogP contribution in [-0.2, 0) is 0 Å². The van der Waals surface area contributed by atoms with E-state index in [4.69, 9.17) is 0 Å². The Morgan fingerprint density at radius 3 is 2.00 bits per heavy atom. The molecular formula is C13H29N3. The molecule has 1 N–H and O–H groups in total. The smallest absolute Gasteiger partial charge is 0.0218 e. The molecule has 1 rings (SSSR count). The van der Waals surface area contributed by atoms with Gasteiger partial charge < -0.3 is 5.32 Å². The van der Waals surface area contributed by atoms with E-state index in [9.17, 15) is 0 Å². The van der Waals surface area contributed by atoms with Crippen LogP contribution < -0.4 is 5.32 Å². The van der Waals surface area contributed by atoms with Gasteiger partial charge in [0.15, 0.2) is 0 Å². The largest absolute Gasteiger partial charge is 0.318 e. The molecule has 0 aliphatic carbocycles. The molecule has 3 heteroatoms. The number of rotatable bonds is 6. The second-order valence-corrected chi connectivity index (χ2v) is 4.95. The Kier molecular flexibility index (Phi) is 6.32. The molecule has 1 aliphatic heterocycles. The molecule has 2 atom stereocenters. The summed E-state index contributed by atoms with van der Waals surface area (Å²) in [5.41, 5.74) is 0.